The molecule has 2 aliphatic rings. The molecule has 1 fully saturated rings. The van der Waals surface area contributed by atoms with Gasteiger partial charge >= 0.3 is 0 Å². The Bertz CT molecular complexity index is 367. The molecule has 1 aromatic carbocycles. The Morgan fingerprint density at radius 3 is 2.93 bits per heavy atom. The highest BCUT2D eigenvalue weighted by atomic mass is 14.9. The zero-order chi connectivity index (χ0) is 10.3. The van der Waals surface area contributed by atoms with Crippen molar-refractivity contribution in [2.24, 2.45) is 5.73 Å². The van der Waals surface area contributed by atoms with E-state index in [1.165, 1.54) is 42.5 Å². The molecule has 1 aliphatic heterocycles. The molecule has 0 spiro atoms. The van der Waals surface area contributed by atoms with E-state index in [1.54, 1.807) is 0 Å². The zero-order valence-electron chi connectivity index (χ0n) is 9.00. The molecular weight excluding hydrogens is 184 g/mol. The molecule has 0 aromatic heterocycles. The van der Waals surface area contributed by atoms with Crippen LogP contribution >= 0.6 is 0 Å². The maximum Gasteiger partial charge on any atom is 0.0372 e. The first-order chi connectivity index (χ1) is 7.33. The maximum atomic E-state index is 5.83. The van der Waals surface area contributed by atoms with Crippen LogP contribution in [0.1, 0.15) is 36.3 Å². The summed E-state index contributed by atoms with van der Waals surface area (Å²) in [6.45, 7) is 1.13. The number of nitrogens with one attached hydrogen (secondary N) is 1. The van der Waals surface area contributed by atoms with Crippen molar-refractivity contribution in [3.63, 3.8) is 0 Å². The van der Waals surface area contributed by atoms with Gasteiger partial charge in [0.15, 0.2) is 0 Å². The molecule has 0 amide bonds. The van der Waals surface area contributed by atoms with Crippen molar-refractivity contribution in [2.75, 3.05) is 11.9 Å². The lowest BCUT2D eigenvalue weighted by Crippen LogP contribution is -2.34. The Labute approximate surface area is 90.9 Å². The Kier molecular flexibility index (Phi) is 2.17. The third-order valence-corrected chi connectivity index (χ3v) is 3.71. The van der Waals surface area contributed by atoms with E-state index in [4.69, 9.17) is 5.73 Å². The monoisotopic (exact) mass is 202 g/mol. The Balaban J connectivity index is 1.85. The minimum Gasteiger partial charge on any atom is -0.385 e. The Hall–Kier alpha value is -1.02. The van der Waals surface area contributed by atoms with Gasteiger partial charge in [0.25, 0.3) is 0 Å². The summed E-state index contributed by atoms with van der Waals surface area (Å²) in [6, 6.07) is 7.35. The molecule has 3 N–H and O–H groups in total. The van der Waals surface area contributed by atoms with Gasteiger partial charge in [0, 0.05) is 18.3 Å². The summed E-state index contributed by atoms with van der Waals surface area (Å²) in [5.41, 5.74) is 10.2. The molecule has 1 aromatic rings. The molecule has 2 nitrogen and oxygen atoms in total. The second-order valence-corrected chi connectivity index (χ2v) is 4.88. The van der Waals surface area contributed by atoms with E-state index in [0.717, 1.165) is 12.5 Å². The molecule has 1 aliphatic carbocycles. The second-order valence-electron chi connectivity index (χ2n) is 4.88. The standard InChI is InChI=1S/C13H18N2/c14-12-7-11(8-12)9-3-4-13-10(6-9)2-1-5-15-13/h3-4,6,11-12,15H,1-2,5,7-8,14H2. The number of rotatable bonds is 1. The first kappa shape index (κ1) is 9.22. The fourth-order valence-electron chi connectivity index (χ4n) is 2.68. The maximum absolute atomic E-state index is 5.83. The highest BCUT2D eigenvalue weighted by Gasteiger charge is 2.27. The van der Waals surface area contributed by atoms with Crippen LogP contribution in [0.2, 0.25) is 0 Å². The van der Waals surface area contributed by atoms with Crippen molar-refractivity contribution < 1.29 is 0 Å². The molecule has 0 atom stereocenters. The summed E-state index contributed by atoms with van der Waals surface area (Å²) in [7, 11) is 0. The van der Waals surface area contributed by atoms with Gasteiger partial charge in [0.1, 0.15) is 0 Å². The van der Waals surface area contributed by atoms with E-state index in [9.17, 15) is 0 Å². The fourth-order valence-corrected chi connectivity index (χ4v) is 2.68. The number of hydrogen-bond donors (Lipinski definition) is 2. The largest absolute Gasteiger partial charge is 0.385 e. The van der Waals surface area contributed by atoms with E-state index in [1.807, 2.05) is 0 Å². The predicted molar refractivity (Wildman–Crippen MR) is 63.2 cm³/mol. The molecule has 80 valence electrons. The molecule has 0 bridgehead atoms. The van der Waals surface area contributed by atoms with Gasteiger partial charge in [0.05, 0.1) is 0 Å². The first-order valence-electron chi connectivity index (χ1n) is 5.95. The normalized spacial score (nSPS) is 28.9. The summed E-state index contributed by atoms with van der Waals surface area (Å²) in [6.07, 6.45) is 4.84. The molecule has 0 unspecified atom stereocenters. The molecule has 15 heavy (non-hydrogen) atoms. The van der Waals surface area contributed by atoms with E-state index in [-0.39, 0.29) is 0 Å². The zero-order valence-corrected chi connectivity index (χ0v) is 9.00. The lowest BCUT2D eigenvalue weighted by atomic mass is 9.76. The van der Waals surface area contributed by atoms with E-state index < -0.39 is 0 Å². The van der Waals surface area contributed by atoms with Gasteiger partial charge in [0.2, 0.25) is 0 Å². The van der Waals surface area contributed by atoms with Crippen molar-refractivity contribution in [3.8, 4) is 0 Å². The first-order valence-corrected chi connectivity index (χ1v) is 5.95. The molecule has 1 heterocycles. The minimum absolute atomic E-state index is 0.448. The van der Waals surface area contributed by atoms with Crippen LogP contribution in [0.25, 0.3) is 0 Å². The van der Waals surface area contributed by atoms with Crippen LogP contribution in [0.4, 0.5) is 5.69 Å². The Morgan fingerprint density at radius 1 is 1.27 bits per heavy atom. The van der Waals surface area contributed by atoms with E-state index >= 15 is 0 Å². The molecule has 0 radical (unpaired) electrons. The topological polar surface area (TPSA) is 38.0 Å². The third kappa shape index (κ3) is 1.63. The van der Waals surface area contributed by atoms with E-state index in [2.05, 4.69) is 23.5 Å². The van der Waals surface area contributed by atoms with Gasteiger partial charge in [-0.3, -0.25) is 0 Å². The van der Waals surface area contributed by atoms with Crippen molar-refractivity contribution in [1.82, 2.24) is 0 Å². The molecular formula is C13H18N2. The predicted octanol–water partition coefficient (Wildman–Crippen LogP) is 2.25. The van der Waals surface area contributed by atoms with Crippen molar-refractivity contribution in [1.29, 1.82) is 0 Å². The highest BCUT2D eigenvalue weighted by molar-refractivity contribution is 5.55. The molecule has 2 heteroatoms. The quantitative estimate of drug-likeness (QED) is 0.733. The van der Waals surface area contributed by atoms with Crippen LogP contribution in [-0.4, -0.2) is 12.6 Å². The van der Waals surface area contributed by atoms with Crippen LogP contribution in [0.3, 0.4) is 0 Å². The number of anilines is 1. The van der Waals surface area contributed by atoms with Gasteiger partial charge in [-0.15, -0.1) is 0 Å². The summed E-state index contributed by atoms with van der Waals surface area (Å²) < 4.78 is 0. The smallest absolute Gasteiger partial charge is 0.0372 e. The van der Waals surface area contributed by atoms with Crippen LogP contribution in [0.5, 0.6) is 0 Å². The van der Waals surface area contributed by atoms with Crippen molar-refractivity contribution in [3.05, 3.63) is 29.3 Å². The van der Waals surface area contributed by atoms with Gasteiger partial charge in [-0.25, -0.2) is 0 Å². The van der Waals surface area contributed by atoms with E-state index in [0.29, 0.717) is 6.04 Å². The van der Waals surface area contributed by atoms with Gasteiger partial charge < -0.3 is 11.1 Å². The number of benzene rings is 1. The third-order valence-electron chi connectivity index (χ3n) is 3.71. The van der Waals surface area contributed by atoms with Crippen molar-refractivity contribution >= 4 is 5.69 Å². The van der Waals surface area contributed by atoms with Crippen molar-refractivity contribution in [2.45, 2.75) is 37.6 Å². The van der Waals surface area contributed by atoms with Crippen LogP contribution in [0, 0.1) is 0 Å². The summed E-state index contributed by atoms with van der Waals surface area (Å²) in [4.78, 5) is 0. The number of hydrogen-bond acceptors (Lipinski definition) is 2. The second kappa shape index (κ2) is 3.53. The number of nitrogens with two attached hydrogens (primary N) is 1. The summed E-state index contributed by atoms with van der Waals surface area (Å²) in [5.74, 6) is 0.729. The minimum atomic E-state index is 0.448. The van der Waals surface area contributed by atoms with Crippen LogP contribution < -0.4 is 11.1 Å². The fraction of sp³-hybridized carbons (Fsp3) is 0.538. The van der Waals surface area contributed by atoms with Crippen LogP contribution in [-0.2, 0) is 6.42 Å². The van der Waals surface area contributed by atoms with Gasteiger partial charge in [-0.05, 0) is 48.8 Å². The number of fused-ring (bicyclic) bond motifs is 1. The molecule has 3 rings (SSSR count). The molecule has 0 saturated heterocycles. The SMILES string of the molecule is NC1CC(c2ccc3c(c2)CCCN3)C1. The summed E-state index contributed by atoms with van der Waals surface area (Å²) in [5, 5.41) is 3.45. The Morgan fingerprint density at radius 2 is 2.13 bits per heavy atom. The van der Waals surface area contributed by atoms with Gasteiger partial charge in [-0.1, -0.05) is 12.1 Å². The van der Waals surface area contributed by atoms with Gasteiger partial charge in [-0.2, -0.15) is 0 Å². The lowest BCUT2D eigenvalue weighted by Gasteiger charge is -2.33. The number of aryl methyl sites for hydroxylation is 1. The average molecular weight is 202 g/mol. The van der Waals surface area contributed by atoms with Crippen LogP contribution in [0.15, 0.2) is 18.2 Å². The highest BCUT2D eigenvalue weighted by Crippen LogP contribution is 2.37. The lowest BCUT2D eigenvalue weighted by molar-refractivity contribution is 0.351. The average Bonchev–Trinajstić information content (AvgIpc) is 2.24. The molecule has 1 saturated carbocycles. The summed E-state index contributed by atoms with van der Waals surface area (Å²) >= 11 is 0.